The van der Waals surface area contributed by atoms with Crippen LogP contribution in [0.15, 0.2) is 18.2 Å². The molecule has 0 aliphatic heterocycles. The van der Waals surface area contributed by atoms with Crippen molar-refractivity contribution in [1.82, 2.24) is 0 Å². The van der Waals surface area contributed by atoms with Gasteiger partial charge < -0.3 is 16.8 Å². The van der Waals surface area contributed by atoms with Crippen LogP contribution in [0, 0.1) is 10.1 Å². The molecule has 0 aliphatic rings. The Hall–Kier alpha value is -1.82. The van der Waals surface area contributed by atoms with Crippen molar-refractivity contribution in [2.24, 2.45) is 5.73 Å². The minimum absolute atomic E-state index is 0.0709. The van der Waals surface area contributed by atoms with E-state index in [1.165, 1.54) is 6.07 Å². The number of nitrogens with two attached hydrogens (primary N) is 2. The lowest BCUT2D eigenvalue weighted by molar-refractivity contribution is -0.383. The number of hydrogen-bond donors (Lipinski definition) is 3. The van der Waals surface area contributed by atoms with E-state index in [1.54, 1.807) is 12.1 Å². The molecule has 1 unspecified atom stereocenters. The van der Waals surface area contributed by atoms with E-state index in [9.17, 15) is 10.1 Å². The number of nitrogens with zero attached hydrogens (tertiary/aromatic N) is 1. The normalized spacial score (nSPS) is 12.1. The van der Waals surface area contributed by atoms with Crippen LogP contribution in [0.1, 0.15) is 26.2 Å². The minimum Gasteiger partial charge on any atom is -0.393 e. The number of nitro benzene ring substituents is 1. The van der Waals surface area contributed by atoms with Crippen molar-refractivity contribution < 1.29 is 4.92 Å². The monoisotopic (exact) mass is 252 g/mol. The topological polar surface area (TPSA) is 107 Å². The third-order valence-electron chi connectivity index (χ3n) is 2.79. The van der Waals surface area contributed by atoms with Crippen molar-refractivity contribution in [2.75, 3.05) is 17.6 Å². The lowest BCUT2D eigenvalue weighted by Crippen LogP contribution is -2.28. The molecule has 1 aromatic rings. The van der Waals surface area contributed by atoms with Gasteiger partial charge in [0, 0.05) is 24.3 Å². The molecular weight excluding hydrogens is 232 g/mol. The number of anilines is 2. The van der Waals surface area contributed by atoms with Crippen LogP contribution in [-0.2, 0) is 0 Å². The molecule has 0 heterocycles. The molecule has 0 aromatic heterocycles. The van der Waals surface area contributed by atoms with E-state index in [0.29, 0.717) is 6.54 Å². The molecular formula is C12H20N4O2. The van der Waals surface area contributed by atoms with Crippen molar-refractivity contribution in [1.29, 1.82) is 0 Å². The van der Waals surface area contributed by atoms with Crippen LogP contribution in [0.5, 0.6) is 0 Å². The number of benzene rings is 1. The van der Waals surface area contributed by atoms with E-state index >= 15 is 0 Å². The van der Waals surface area contributed by atoms with Crippen LogP contribution in [0.4, 0.5) is 17.1 Å². The number of unbranched alkanes of at least 4 members (excludes halogenated alkanes) is 1. The minimum atomic E-state index is -0.489. The predicted molar refractivity (Wildman–Crippen MR) is 73.5 cm³/mol. The van der Waals surface area contributed by atoms with Gasteiger partial charge in [-0.05, 0) is 18.6 Å². The summed E-state index contributed by atoms with van der Waals surface area (Å²) in [6.07, 6.45) is 3.18. The third-order valence-corrected chi connectivity index (χ3v) is 2.79. The second-order valence-corrected chi connectivity index (χ2v) is 4.25. The van der Waals surface area contributed by atoms with Gasteiger partial charge in [0.05, 0.1) is 4.92 Å². The first-order valence-corrected chi connectivity index (χ1v) is 6.09. The third kappa shape index (κ3) is 3.89. The zero-order valence-corrected chi connectivity index (χ0v) is 10.6. The first-order chi connectivity index (χ1) is 8.58. The van der Waals surface area contributed by atoms with Gasteiger partial charge in [0.25, 0.3) is 5.69 Å². The Bertz CT molecular complexity index is 409. The molecule has 5 N–H and O–H groups in total. The van der Waals surface area contributed by atoms with Crippen LogP contribution in [0.2, 0.25) is 0 Å². The van der Waals surface area contributed by atoms with Crippen molar-refractivity contribution >= 4 is 17.1 Å². The Morgan fingerprint density at radius 1 is 1.50 bits per heavy atom. The fraction of sp³-hybridized carbons (Fsp3) is 0.500. The molecule has 0 radical (unpaired) electrons. The van der Waals surface area contributed by atoms with E-state index in [-0.39, 0.29) is 17.4 Å². The maximum Gasteiger partial charge on any atom is 0.292 e. The maximum absolute atomic E-state index is 10.6. The summed E-state index contributed by atoms with van der Waals surface area (Å²) in [6.45, 7) is 2.65. The Kier molecular flexibility index (Phi) is 5.38. The fourth-order valence-electron chi connectivity index (χ4n) is 1.75. The molecule has 0 aliphatic carbocycles. The first kappa shape index (κ1) is 14.2. The molecule has 0 saturated heterocycles. The van der Waals surface area contributed by atoms with Gasteiger partial charge in [-0.2, -0.15) is 0 Å². The van der Waals surface area contributed by atoms with E-state index in [0.717, 1.165) is 24.9 Å². The van der Waals surface area contributed by atoms with Crippen molar-refractivity contribution in [2.45, 2.75) is 32.2 Å². The SMILES string of the molecule is CCCCC(CN)Nc1ccc([N+](=O)[O-])c(N)c1. The van der Waals surface area contributed by atoms with Crippen LogP contribution >= 0.6 is 0 Å². The summed E-state index contributed by atoms with van der Waals surface area (Å²) in [4.78, 5) is 10.1. The van der Waals surface area contributed by atoms with E-state index < -0.39 is 4.92 Å². The van der Waals surface area contributed by atoms with Gasteiger partial charge in [0.2, 0.25) is 0 Å². The molecule has 0 saturated carbocycles. The second kappa shape index (κ2) is 6.80. The predicted octanol–water partition coefficient (Wildman–Crippen LogP) is 2.11. The van der Waals surface area contributed by atoms with Gasteiger partial charge in [-0.3, -0.25) is 10.1 Å². The molecule has 0 bridgehead atoms. The highest BCUT2D eigenvalue weighted by Crippen LogP contribution is 2.25. The van der Waals surface area contributed by atoms with Crippen LogP contribution in [0.25, 0.3) is 0 Å². The maximum atomic E-state index is 10.6. The van der Waals surface area contributed by atoms with Crippen molar-refractivity contribution in [3.8, 4) is 0 Å². The summed E-state index contributed by atoms with van der Waals surface area (Å²) in [5.41, 5.74) is 12.2. The lowest BCUT2D eigenvalue weighted by atomic mass is 10.1. The quantitative estimate of drug-likeness (QED) is 0.391. The number of nitrogen functional groups attached to an aromatic ring is 1. The summed E-state index contributed by atoms with van der Waals surface area (Å²) in [5, 5.41) is 13.9. The number of hydrogen-bond acceptors (Lipinski definition) is 5. The summed E-state index contributed by atoms with van der Waals surface area (Å²) < 4.78 is 0. The zero-order chi connectivity index (χ0) is 13.5. The van der Waals surface area contributed by atoms with Gasteiger partial charge in [-0.15, -0.1) is 0 Å². The second-order valence-electron chi connectivity index (χ2n) is 4.25. The van der Waals surface area contributed by atoms with E-state index in [1.807, 2.05) is 0 Å². The Morgan fingerprint density at radius 3 is 2.72 bits per heavy atom. The summed E-state index contributed by atoms with van der Waals surface area (Å²) in [6, 6.07) is 4.81. The van der Waals surface area contributed by atoms with E-state index in [2.05, 4.69) is 12.2 Å². The highest BCUT2D eigenvalue weighted by atomic mass is 16.6. The molecule has 0 fully saturated rings. The average Bonchev–Trinajstić information content (AvgIpc) is 2.34. The van der Waals surface area contributed by atoms with Gasteiger partial charge in [0.15, 0.2) is 0 Å². The van der Waals surface area contributed by atoms with E-state index in [4.69, 9.17) is 11.5 Å². The largest absolute Gasteiger partial charge is 0.393 e. The average molecular weight is 252 g/mol. The lowest BCUT2D eigenvalue weighted by Gasteiger charge is -2.18. The fourth-order valence-corrected chi connectivity index (χ4v) is 1.75. The summed E-state index contributed by atoms with van der Waals surface area (Å²) in [7, 11) is 0. The highest BCUT2D eigenvalue weighted by molar-refractivity contribution is 5.66. The van der Waals surface area contributed by atoms with Crippen LogP contribution in [0.3, 0.4) is 0 Å². The number of rotatable bonds is 7. The zero-order valence-electron chi connectivity index (χ0n) is 10.6. The summed E-state index contributed by atoms with van der Waals surface area (Å²) >= 11 is 0. The Balaban J connectivity index is 2.72. The number of nitrogens with one attached hydrogen (secondary N) is 1. The van der Waals surface area contributed by atoms with Crippen molar-refractivity contribution in [3.05, 3.63) is 28.3 Å². The standard InChI is InChI=1S/C12H20N4O2/c1-2-3-4-10(8-13)15-9-5-6-12(16(17)18)11(14)7-9/h5-7,10,15H,2-4,8,13-14H2,1H3. The molecule has 18 heavy (non-hydrogen) atoms. The molecule has 0 amide bonds. The Labute approximate surface area is 107 Å². The number of nitro groups is 1. The molecule has 6 nitrogen and oxygen atoms in total. The molecule has 1 atom stereocenters. The van der Waals surface area contributed by atoms with Gasteiger partial charge in [-0.25, -0.2) is 0 Å². The molecule has 1 rings (SSSR count). The summed E-state index contributed by atoms with van der Waals surface area (Å²) in [5.74, 6) is 0. The molecule has 6 heteroatoms. The molecule has 0 spiro atoms. The Morgan fingerprint density at radius 2 is 2.22 bits per heavy atom. The first-order valence-electron chi connectivity index (χ1n) is 6.09. The van der Waals surface area contributed by atoms with Crippen molar-refractivity contribution in [3.63, 3.8) is 0 Å². The van der Waals surface area contributed by atoms with Gasteiger partial charge >= 0.3 is 0 Å². The van der Waals surface area contributed by atoms with Gasteiger partial charge in [-0.1, -0.05) is 19.8 Å². The van der Waals surface area contributed by atoms with Crippen LogP contribution in [-0.4, -0.2) is 17.5 Å². The smallest absolute Gasteiger partial charge is 0.292 e. The highest BCUT2D eigenvalue weighted by Gasteiger charge is 2.12. The molecule has 1 aromatic carbocycles. The van der Waals surface area contributed by atoms with Gasteiger partial charge in [0.1, 0.15) is 5.69 Å². The molecule has 100 valence electrons. The van der Waals surface area contributed by atoms with Crippen LogP contribution < -0.4 is 16.8 Å².